The summed E-state index contributed by atoms with van der Waals surface area (Å²) in [6.45, 7) is 9.76. The lowest BCUT2D eigenvalue weighted by atomic mass is 10.0. The van der Waals surface area contributed by atoms with Gasteiger partial charge in [-0.05, 0) is 44.7 Å². The minimum Gasteiger partial charge on any atom is -0.467 e. The second-order valence-corrected chi connectivity index (χ2v) is 10.4. The molecule has 9 heteroatoms. The molecule has 0 radical (unpaired) electrons. The van der Waals surface area contributed by atoms with Crippen molar-refractivity contribution in [1.29, 1.82) is 0 Å². The monoisotopic (exact) mass is 551 g/mol. The first-order chi connectivity index (χ1) is 19.0. The maximum Gasteiger partial charge on any atom is 0.408 e. The third-order valence-electron chi connectivity index (χ3n) is 5.95. The number of alkyl carbamates (subject to hydrolysis) is 1. The number of nitrogens with one attached hydrogen (secondary N) is 2. The van der Waals surface area contributed by atoms with Crippen LogP contribution < -0.4 is 10.6 Å². The minimum atomic E-state index is -1.08. The molecule has 2 aromatic rings. The van der Waals surface area contributed by atoms with Crippen molar-refractivity contribution in [1.82, 2.24) is 15.5 Å². The quantitative estimate of drug-likeness (QED) is 0.273. The molecule has 3 amide bonds. The van der Waals surface area contributed by atoms with Gasteiger partial charge in [0.25, 0.3) is 0 Å². The van der Waals surface area contributed by atoms with E-state index in [1.165, 1.54) is 7.11 Å². The van der Waals surface area contributed by atoms with Crippen molar-refractivity contribution in [3.05, 3.63) is 84.4 Å². The maximum atomic E-state index is 13.3. The van der Waals surface area contributed by atoms with Crippen LogP contribution in [0.1, 0.15) is 44.7 Å². The zero-order chi connectivity index (χ0) is 29.5. The van der Waals surface area contributed by atoms with Crippen LogP contribution in [0, 0.1) is 0 Å². The van der Waals surface area contributed by atoms with E-state index in [1.807, 2.05) is 60.7 Å². The minimum absolute atomic E-state index is 0.00548. The Morgan fingerprint density at radius 2 is 1.52 bits per heavy atom. The van der Waals surface area contributed by atoms with Crippen LogP contribution in [0.25, 0.3) is 0 Å². The predicted octanol–water partition coefficient (Wildman–Crippen LogP) is 3.82. The number of methoxy groups -OCH3 is 1. The topological polar surface area (TPSA) is 114 Å². The number of nitrogens with zero attached hydrogens (tertiary/aromatic N) is 1. The Hall–Kier alpha value is -4.14. The van der Waals surface area contributed by atoms with Gasteiger partial charge in [0, 0.05) is 25.9 Å². The number of rotatable bonds is 14. The van der Waals surface area contributed by atoms with Crippen LogP contribution in [0.4, 0.5) is 4.79 Å². The summed E-state index contributed by atoms with van der Waals surface area (Å²) in [4.78, 5) is 53.1. The fraction of sp³-hybridized carbons (Fsp3) is 0.419. The molecular formula is C31H41N3O6. The summed E-state index contributed by atoms with van der Waals surface area (Å²) in [7, 11) is 1.22. The van der Waals surface area contributed by atoms with E-state index < -0.39 is 35.7 Å². The Morgan fingerprint density at radius 3 is 2.08 bits per heavy atom. The van der Waals surface area contributed by atoms with Crippen LogP contribution >= 0.6 is 0 Å². The van der Waals surface area contributed by atoms with Crippen molar-refractivity contribution in [2.45, 2.75) is 64.1 Å². The number of hydrogen-bond donors (Lipinski definition) is 2. The van der Waals surface area contributed by atoms with Gasteiger partial charge < -0.3 is 25.0 Å². The molecule has 0 fully saturated rings. The lowest BCUT2D eigenvalue weighted by molar-refractivity contribution is -0.145. The van der Waals surface area contributed by atoms with Gasteiger partial charge in [0.2, 0.25) is 11.8 Å². The summed E-state index contributed by atoms with van der Waals surface area (Å²) in [6.07, 6.45) is 1.78. The maximum absolute atomic E-state index is 13.3. The summed E-state index contributed by atoms with van der Waals surface area (Å²) in [5, 5.41) is 5.27. The van der Waals surface area contributed by atoms with Crippen molar-refractivity contribution < 1.29 is 28.7 Å². The van der Waals surface area contributed by atoms with Crippen molar-refractivity contribution in [3.8, 4) is 0 Å². The lowest BCUT2D eigenvalue weighted by Crippen LogP contribution is -2.53. The molecule has 2 rings (SSSR count). The van der Waals surface area contributed by atoms with Gasteiger partial charge in [-0.1, -0.05) is 66.7 Å². The Labute approximate surface area is 236 Å². The molecule has 2 aromatic carbocycles. The van der Waals surface area contributed by atoms with Gasteiger partial charge in [-0.25, -0.2) is 9.59 Å². The molecule has 0 saturated heterocycles. The SMILES string of the molecule is C=CCN(CCc1ccccc1)C(=O)CC[C@H](NC(=O)[C@@H](Cc1ccccc1)NC(=O)OC(C)(C)C)C(=O)OC. The highest BCUT2D eigenvalue weighted by molar-refractivity contribution is 5.90. The summed E-state index contributed by atoms with van der Waals surface area (Å²) in [5.41, 5.74) is 1.15. The van der Waals surface area contributed by atoms with Crippen LogP contribution in [0.2, 0.25) is 0 Å². The first kappa shape index (κ1) is 32.1. The Balaban J connectivity index is 2.09. The molecule has 0 aliphatic heterocycles. The summed E-state index contributed by atoms with van der Waals surface area (Å²) in [6, 6.07) is 16.9. The van der Waals surface area contributed by atoms with Crippen LogP contribution in [-0.2, 0) is 36.7 Å². The van der Waals surface area contributed by atoms with Crippen LogP contribution in [-0.4, -0.2) is 66.7 Å². The van der Waals surface area contributed by atoms with E-state index in [1.54, 1.807) is 31.7 Å². The molecule has 9 nitrogen and oxygen atoms in total. The van der Waals surface area contributed by atoms with Crippen LogP contribution in [0.15, 0.2) is 73.3 Å². The highest BCUT2D eigenvalue weighted by atomic mass is 16.6. The lowest BCUT2D eigenvalue weighted by Gasteiger charge is -2.25. The molecule has 0 aliphatic carbocycles. The number of benzene rings is 2. The zero-order valence-electron chi connectivity index (χ0n) is 23.9. The molecule has 0 unspecified atom stereocenters. The molecule has 0 spiro atoms. The molecule has 0 saturated carbocycles. The average molecular weight is 552 g/mol. The number of hydrogen-bond acceptors (Lipinski definition) is 6. The van der Waals surface area contributed by atoms with Gasteiger partial charge in [0.1, 0.15) is 17.7 Å². The van der Waals surface area contributed by atoms with Gasteiger partial charge in [-0.2, -0.15) is 0 Å². The summed E-state index contributed by atoms with van der Waals surface area (Å²) in [5.74, 6) is -1.45. The average Bonchev–Trinajstić information content (AvgIpc) is 2.92. The Kier molecular flexibility index (Phi) is 12.9. The molecule has 2 atom stereocenters. The second kappa shape index (κ2) is 16.1. The van der Waals surface area contributed by atoms with Gasteiger partial charge in [0.05, 0.1) is 7.11 Å². The highest BCUT2D eigenvalue weighted by Crippen LogP contribution is 2.11. The fourth-order valence-corrected chi connectivity index (χ4v) is 3.98. The Morgan fingerprint density at radius 1 is 0.925 bits per heavy atom. The standard InChI is InChI=1S/C31H41N3O6/c1-6-20-34(21-19-23-13-9-7-10-14-23)27(35)18-17-25(29(37)39-5)32-28(36)26(22-24-15-11-8-12-16-24)33-30(38)40-31(2,3)4/h6-16,25-26H,1,17-22H2,2-5H3,(H,32,36)(H,33,38)/t25-,26+/m0/s1. The Bertz CT molecular complexity index is 1110. The number of carbonyl (C=O) groups excluding carboxylic acids is 4. The molecule has 0 aromatic heterocycles. The van der Waals surface area contributed by atoms with E-state index in [0.29, 0.717) is 19.5 Å². The molecule has 0 bridgehead atoms. The smallest absolute Gasteiger partial charge is 0.408 e. The van der Waals surface area contributed by atoms with E-state index >= 15 is 0 Å². The molecule has 0 heterocycles. The predicted molar refractivity (Wildman–Crippen MR) is 153 cm³/mol. The second-order valence-electron chi connectivity index (χ2n) is 10.4. The number of carbonyl (C=O) groups is 4. The molecule has 2 N–H and O–H groups in total. The van der Waals surface area contributed by atoms with Crippen molar-refractivity contribution in [3.63, 3.8) is 0 Å². The van der Waals surface area contributed by atoms with Gasteiger partial charge >= 0.3 is 12.1 Å². The van der Waals surface area contributed by atoms with Gasteiger partial charge in [0.15, 0.2) is 0 Å². The largest absolute Gasteiger partial charge is 0.467 e. The van der Waals surface area contributed by atoms with Gasteiger partial charge in [-0.3, -0.25) is 9.59 Å². The summed E-state index contributed by atoms with van der Waals surface area (Å²) >= 11 is 0. The number of ether oxygens (including phenoxy) is 2. The van der Waals surface area contributed by atoms with E-state index in [9.17, 15) is 19.2 Å². The van der Waals surface area contributed by atoms with Crippen molar-refractivity contribution >= 4 is 23.9 Å². The normalized spacial score (nSPS) is 12.4. The first-order valence-electron chi connectivity index (χ1n) is 13.4. The highest BCUT2D eigenvalue weighted by Gasteiger charge is 2.30. The van der Waals surface area contributed by atoms with Gasteiger partial charge in [-0.15, -0.1) is 6.58 Å². The van der Waals surface area contributed by atoms with Crippen LogP contribution in [0.3, 0.4) is 0 Å². The molecule has 0 aliphatic rings. The third kappa shape index (κ3) is 11.7. The molecule has 216 valence electrons. The van der Waals surface area contributed by atoms with E-state index in [-0.39, 0.29) is 25.2 Å². The fourth-order valence-electron chi connectivity index (χ4n) is 3.98. The van der Waals surface area contributed by atoms with Crippen molar-refractivity contribution in [2.75, 3.05) is 20.2 Å². The van der Waals surface area contributed by atoms with E-state index in [0.717, 1.165) is 11.1 Å². The van der Waals surface area contributed by atoms with E-state index in [2.05, 4.69) is 17.2 Å². The zero-order valence-corrected chi connectivity index (χ0v) is 23.9. The summed E-state index contributed by atoms with van der Waals surface area (Å²) < 4.78 is 10.2. The molecule has 40 heavy (non-hydrogen) atoms. The van der Waals surface area contributed by atoms with E-state index in [4.69, 9.17) is 9.47 Å². The first-order valence-corrected chi connectivity index (χ1v) is 13.4. The molecular weight excluding hydrogens is 510 g/mol. The van der Waals surface area contributed by atoms with Crippen LogP contribution in [0.5, 0.6) is 0 Å². The number of amides is 3. The third-order valence-corrected chi connectivity index (χ3v) is 5.95. The number of esters is 1. The van der Waals surface area contributed by atoms with Crippen molar-refractivity contribution in [2.24, 2.45) is 0 Å².